The van der Waals surface area contributed by atoms with Crippen LogP contribution in [-0.4, -0.2) is 92.7 Å². The van der Waals surface area contributed by atoms with Gasteiger partial charge >= 0.3 is 0 Å². The van der Waals surface area contributed by atoms with Gasteiger partial charge in [-0.25, -0.2) is 0 Å². The number of rotatable bonds is 9. The lowest BCUT2D eigenvalue weighted by Crippen LogP contribution is -2.54. The van der Waals surface area contributed by atoms with Crippen molar-refractivity contribution in [1.82, 2.24) is 15.1 Å². The number of nitrogens with one attached hydrogen (secondary N) is 1. The second-order valence-corrected chi connectivity index (χ2v) is 8.90. The third kappa shape index (κ3) is 4.98. The maximum absolute atomic E-state index is 13.1. The van der Waals surface area contributed by atoms with Crippen LogP contribution in [0.3, 0.4) is 0 Å². The smallest absolute Gasteiger partial charge is 0.262 e. The number of fused-ring (bicyclic) bond motifs is 1. The molecule has 0 saturated carbocycles. The maximum Gasteiger partial charge on any atom is 0.262 e. The topological polar surface area (TPSA) is 108 Å². The second-order valence-electron chi connectivity index (χ2n) is 8.90. The lowest BCUT2D eigenvalue weighted by atomic mass is 10.0. The molecule has 2 fully saturated rings. The fourth-order valence-corrected chi connectivity index (χ4v) is 4.86. The summed E-state index contributed by atoms with van der Waals surface area (Å²) in [6.07, 6.45) is 3.12. The molecule has 184 valence electrons. The van der Waals surface area contributed by atoms with Gasteiger partial charge in [0.15, 0.2) is 6.29 Å². The Hall–Kier alpha value is -2.82. The summed E-state index contributed by atoms with van der Waals surface area (Å²) in [7, 11) is 3.31. The molecule has 4 rings (SSSR count). The highest BCUT2D eigenvalue weighted by Crippen LogP contribution is 2.31. The van der Waals surface area contributed by atoms with E-state index in [1.165, 1.54) is 0 Å². The molecular weight excluding hydrogens is 440 g/mol. The van der Waals surface area contributed by atoms with Gasteiger partial charge in [0.25, 0.3) is 11.8 Å². The van der Waals surface area contributed by atoms with Gasteiger partial charge in [-0.2, -0.15) is 0 Å². The quantitative estimate of drug-likeness (QED) is 0.322. The molecule has 2 saturated heterocycles. The first-order chi connectivity index (χ1) is 16.4. The van der Waals surface area contributed by atoms with Gasteiger partial charge in [-0.1, -0.05) is 0 Å². The van der Waals surface area contributed by atoms with Crippen molar-refractivity contribution in [2.75, 3.05) is 51.8 Å². The first kappa shape index (κ1) is 24.3. The highest BCUT2D eigenvalue weighted by atomic mass is 16.7. The van der Waals surface area contributed by atoms with Gasteiger partial charge in [0.05, 0.1) is 11.1 Å². The molecule has 4 amide bonds. The molecule has 1 atom stereocenters. The summed E-state index contributed by atoms with van der Waals surface area (Å²) in [5.74, 6) is -1.93. The van der Waals surface area contributed by atoms with Gasteiger partial charge in [-0.3, -0.25) is 34.3 Å². The van der Waals surface area contributed by atoms with E-state index in [-0.39, 0.29) is 25.0 Å². The first-order valence-electron chi connectivity index (χ1n) is 11.8. The highest BCUT2D eigenvalue weighted by molar-refractivity contribution is 6.23. The number of nitrogens with zero attached hydrogens (tertiary/aromatic N) is 3. The molecule has 0 radical (unpaired) electrons. The van der Waals surface area contributed by atoms with E-state index in [0.29, 0.717) is 11.1 Å². The van der Waals surface area contributed by atoms with E-state index in [2.05, 4.69) is 15.1 Å². The van der Waals surface area contributed by atoms with Crippen molar-refractivity contribution in [3.63, 3.8) is 0 Å². The van der Waals surface area contributed by atoms with Crippen molar-refractivity contribution in [3.8, 4) is 0 Å². The number of methoxy groups -OCH3 is 2. The summed E-state index contributed by atoms with van der Waals surface area (Å²) >= 11 is 0. The minimum atomic E-state index is -0.944. The number of hydrogen-bond acceptors (Lipinski definition) is 8. The number of carbonyl (C=O) groups excluding carboxylic acids is 4. The number of piperidine rings is 1. The van der Waals surface area contributed by atoms with Crippen LogP contribution in [0, 0.1) is 0 Å². The highest BCUT2D eigenvalue weighted by Gasteiger charge is 2.44. The molecule has 1 aromatic carbocycles. The summed E-state index contributed by atoms with van der Waals surface area (Å²) in [5.41, 5.74) is 1.52. The van der Waals surface area contributed by atoms with Crippen LogP contribution in [0.4, 0.5) is 5.69 Å². The van der Waals surface area contributed by atoms with E-state index >= 15 is 0 Å². The van der Waals surface area contributed by atoms with Crippen LogP contribution in [-0.2, 0) is 19.1 Å². The monoisotopic (exact) mass is 472 g/mol. The van der Waals surface area contributed by atoms with E-state index in [9.17, 15) is 19.2 Å². The van der Waals surface area contributed by atoms with Crippen LogP contribution in [0.1, 0.15) is 52.8 Å². The number of hydrogen-bond donors (Lipinski definition) is 1. The maximum atomic E-state index is 13.1. The molecule has 10 nitrogen and oxygen atoms in total. The van der Waals surface area contributed by atoms with E-state index in [1.807, 2.05) is 6.07 Å². The number of piperazine rings is 1. The molecule has 0 aromatic heterocycles. The van der Waals surface area contributed by atoms with Gasteiger partial charge in [-0.15, -0.1) is 0 Å². The molecule has 1 unspecified atom stereocenters. The largest absolute Gasteiger partial charge is 0.369 e. The van der Waals surface area contributed by atoms with E-state index in [0.717, 1.165) is 62.6 Å². The van der Waals surface area contributed by atoms with Crippen molar-refractivity contribution in [1.29, 1.82) is 0 Å². The molecule has 3 heterocycles. The SMILES string of the molecule is COC(CCCCN1CCN(c2ccc3c(c2)C(=O)N(C2CCC(=O)NC2=O)C3=O)CC1)OC. The predicted molar refractivity (Wildman–Crippen MR) is 123 cm³/mol. The molecule has 1 aromatic rings. The lowest BCUT2D eigenvalue weighted by molar-refractivity contribution is -0.136. The zero-order chi connectivity index (χ0) is 24.2. The average Bonchev–Trinajstić information content (AvgIpc) is 3.09. The van der Waals surface area contributed by atoms with Crippen molar-refractivity contribution >= 4 is 29.3 Å². The molecule has 0 bridgehead atoms. The third-order valence-electron chi connectivity index (χ3n) is 6.85. The fraction of sp³-hybridized carbons (Fsp3) is 0.583. The van der Waals surface area contributed by atoms with Crippen LogP contribution in [0.15, 0.2) is 18.2 Å². The molecule has 34 heavy (non-hydrogen) atoms. The Bertz CT molecular complexity index is 955. The van der Waals surface area contributed by atoms with Crippen molar-refractivity contribution in [2.45, 2.75) is 44.4 Å². The zero-order valence-corrected chi connectivity index (χ0v) is 19.7. The van der Waals surface area contributed by atoms with Crippen LogP contribution in [0.25, 0.3) is 0 Å². The average molecular weight is 473 g/mol. The number of amides is 4. The third-order valence-corrected chi connectivity index (χ3v) is 6.85. The Balaban J connectivity index is 1.33. The summed E-state index contributed by atoms with van der Waals surface area (Å²) in [4.78, 5) is 55.3. The van der Waals surface area contributed by atoms with Crippen LogP contribution in [0.2, 0.25) is 0 Å². The second kappa shape index (κ2) is 10.6. The number of carbonyl (C=O) groups is 4. The fourth-order valence-electron chi connectivity index (χ4n) is 4.86. The number of ether oxygens (including phenoxy) is 2. The Morgan fingerprint density at radius 1 is 0.971 bits per heavy atom. The van der Waals surface area contributed by atoms with Crippen molar-refractivity contribution < 1.29 is 28.7 Å². The van der Waals surface area contributed by atoms with Crippen LogP contribution in [0.5, 0.6) is 0 Å². The number of unbranched alkanes of at least 4 members (excludes halogenated alkanes) is 1. The van der Waals surface area contributed by atoms with Crippen molar-refractivity contribution in [3.05, 3.63) is 29.3 Å². The first-order valence-corrected chi connectivity index (χ1v) is 11.8. The Labute approximate surface area is 199 Å². The molecule has 3 aliphatic heterocycles. The van der Waals surface area contributed by atoms with E-state index in [4.69, 9.17) is 9.47 Å². The number of anilines is 1. The van der Waals surface area contributed by atoms with Crippen LogP contribution < -0.4 is 10.2 Å². The number of benzene rings is 1. The van der Waals surface area contributed by atoms with Gasteiger partial charge in [0.1, 0.15) is 6.04 Å². The van der Waals surface area contributed by atoms with Crippen LogP contribution >= 0.6 is 0 Å². The molecular formula is C24H32N4O6. The summed E-state index contributed by atoms with van der Waals surface area (Å²) in [6.45, 7) is 4.52. The Kier molecular flexibility index (Phi) is 7.60. The number of imide groups is 2. The Morgan fingerprint density at radius 3 is 2.35 bits per heavy atom. The minimum absolute atomic E-state index is 0.110. The van der Waals surface area contributed by atoms with Gasteiger partial charge < -0.3 is 14.4 Å². The molecule has 3 aliphatic rings. The molecule has 0 aliphatic carbocycles. The van der Waals surface area contributed by atoms with Gasteiger partial charge in [0.2, 0.25) is 11.8 Å². The Morgan fingerprint density at radius 2 is 1.68 bits per heavy atom. The lowest BCUT2D eigenvalue weighted by Gasteiger charge is -2.36. The van der Waals surface area contributed by atoms with E-state index < -0.39 is 23.8 Å². The molecule has 10 heteroatoms. The van der Waals surface area contributed by atoms with E-state index in [1.54, 1.807) is 26.4 Å². The van der Waals surface area contributed by atoms with Gasteiger partial charge in [-0.05, 0) is 50.4 Å². The minimum Gasteiger partial charge on any atom is -0.369 e. The summed E-state index contributed by atoms with van der Waals surface area (Å²) in [6, 6.07) is 4.35. The zero-order valence-electron chi connectivity index (χ0n) is 19.7. The normalized spacial score (nSPS) is 21.4. The summed E-state index contributed by atoms with van der Waals surface area (Å²) < 4.78 is 10.5. The standard InChI is InChI=1S/C24H32N4O6/c1-33-21(34-2)5-3-4-10-26-11-13-27(14-12-26)16-6-7-17-18(15-16)24(32)28(23(17)31)19-8-9-20(29)25-22(19)30/h6-7,15,19,21H,3-5,8-14H2,1-2H3,(H,25,29,30). The predicted octanol–water partition coefficient (Wildman–Crippen LogP) is 0.999. The molecule has 1 N–H and O–H groups in total. The molecule has 0 spiro atoms. The van der Waals surface area contributed by atoms with Crippen molar-refractivity contribution in [2.24, 2.45) is 0 Å². The van der Waals surface area contributed by atoms with Gasteiger partial charge in [0, 0.05) is 52.5 Å². The summed E-state index contributed by atoms with van der Waals surface area (Å²) in [5, 5.41) is 2.22.